The van der Waals surface area contributed by atoms with Gasteiger partial charge in [-0.15, -0.1) is 5.10 Å². The number of methoxy groups -OCH3 is 1. The summed E-state index contributed by atoms with van der Waals surface area (Å²) in [6.45, 7) is 7.89. The van der Waals surface area contributed by atoms with Crippen LogP contribution in [0.2, 0.25) is 0 Å². The van der Waals surface area contributed by atoms with Gasteiger partial charge < -0.3 is 4.74 Å². The summed E-state index contributed by atoms with van der Waals surface area (Å²) < 4.78 is 7.63. The van der Waals surface area contributed by atoms with E-state index in [1.165, 1.54) is 4.57 Å². The van der Waals surface area contributed by atoms with Crippen molar-refractivity contribution < 1.29 is 4.74 Å². The van der Waals surface area contributed by atoms with Crippen molar-refractivity contribution >= 4 is 31.9 Å². The third kappa shape index (κ3) is 6.53. The quantitative estimate of drug-likeness (QED) is 0.180. The molecule has 0 amide bonds. The Labute approximate surface area is 240 Å². The summed E-state index contributed by atoms with van der Waals surface area (Å²) in [7, 11) is 1.58. The molecule has 4 aromatic rings. The smallest absolute Gasteiger partial charge is 0.263 e. The monoisotopic (exact) mass is 636 g/mol. The Morgan fingerprint density at radius 3 is 2.74 bits per heavy atom. The predicted molar refractivity (Wildman–Crippen MR) is 160 cm³/mol. The number of aryl methyl sites for hydroxylation is 2. The number of hydrogen-bond donors (Lipinski definition) is 1. The highest BCUT2D eigenvalue weighted by molar-refractivity contribution is 14.1. The zero-order valence-electron chi connectivity index (χ0n) is 22.1. The van der Waals surface area contributed by atoms with Gasteiger partial charge in [0.05, 0.1) is 19.0 Å². The fourth-order valence-corrected chi connectivity index (χ4v) is 4.68. The first kappa shape index (κ1) is 28.0. The molecule has 0 unspecified atom stereocenters. The Bertz CT molecular complexity index is 1560. The minimum Gasteiger partial charge on any atom is -0.495 e. The van der Waals surface area contributed by atoms with Crippen molar-refractivity contribution in [3.63, 3.8) is 0 Å². The molecule has 3 aromatic heterocycles. The number of pyridine rings is 1. The summed E-state index contributed by atoms with van der Waals surface area (Å²) in [6, 6.07) is 11.3. The van der Waals surface area contributed by atoms with Gasteiger partial charge in [0.15, 0.2) is 5.82 Å². The van der Waals surface area contributed by atoms with Crippen LogP contribution in [0.15, 0.2) is 71.2 Å². The van der Waals surface area contributed by atoms with Crippen LogP contribution in [0, 0.1) is 6.92 Å². The Morgan fingerprint density at radius 2 is 2.08 bits per heavy atom. The van der Waals surface area contributed by atoms with E-state index in [2.05, 4.69) is 61.7 Å². The van der Waals surface area contributed by atoms with Gasteiger partial charge in [0, 0.05) is 38.6 Å². The third-order valence-electron chi connectivity index (χ3n) is 6.10. The topological polar surface area (TPSA) is 124 Å². The van der Waals surface area contributed by atoms with E-state index in [0.717, 1.165) is 33.2 Å². The lowest BCUT2D eigenvalue weighted by Gasteiger charge is -2.15. The van der Waals surface area contributed by atoms with Crippen LogP contribution < -0.4 is 10.3 Å². The number of aliphatic imine (C=N–C) groups is 1. The molecule has 200 valence electrons. The first-order chi connectivity index (χ1) is 19.0. The highest BCUT2D eigenvalue weighted by Gasteiger charge is 2.18. The molecule has 0 radical (unpaired) electrons. The number of aromatic amines is 1. The Kier molecular flexibility index (Phi) is 9.47. The summed E-state index contributed by atoms with van der Waals surface area (Å²) >= 11 is 2.23. The summed E-state index contributed by atoms with van der Waals surface area (Å²) in [5.41, 5.74) is 3.64. The molecule has 0 spiro atoms. The first-order valence-corrected chi connectivity index (χ1v) is 13.5. The Hall–Kier alpha value is -4.00. The van der Waals surface area contributed by atoms with Crippen LogP contribution in [0.5, 0.6) is 5.75 Å². The average Bonchev–Trinajstić information content (AvgIpc) is 3.50. The summed E-state index contributed by atoms with van der Waals surface area (Å²) in [4.78, 5) is 27.8. The lowest BCUT2D eigenvalue weighted by molar-refractivity contribution is 0.412. The van der Waals surface area contributed by atoms with E-state index in [0.29, 0.717) is 47.3 Å². The van der Waals surface area contributed by atoms with E-state index in [9.17, 15) is 4.79 Å². The lowest BCUT2D eigenvalue weighted by Crippen LogP contribution is -2.29. The van der Waals surface area contributed by atoms with Gasteiger partial charge in [-0.25, -0.2) is 19.6 Å². The number of tetrazole rings is 1. The molecular formula is C28H29IN8O2. The van der Waals surface area contributed by atoms with Gasteiger partial charge in [0.2, 0.25) is 0 Å². The minimum absolute atomic E-state index is 0.164. The van der Waals surface area contributed by atoms with Crippen LogP contribution in [0.25, 0.3) is 20.8 Å². The number of nitrogens with one attached hydrogen (secondary N) is 1. The largest absolute Gasteiger partial charge is 0.495 e. The molecule has 4 rings (SSSR count). The highest BCUT2D eigenvalue weighted by atomic mass is 127. The van der Waals surface area contributed by atoms with Crippen LogP contribution in [0.4, 0.5) is 0 Å². The van der Waals surface area contributed by atoms with Gasteiger partial charge in [-0.2, -0.15) is 0 Å². The van der Waals surface area contributed by atoms with Gasteiger partial charge in [-0.05, 0) is 71.0 Å². The second-order valence-electron chi connectivity index (χ2n) is 8.66. The fourth-order valence-electron chi connectivity index (χ4n) is 4.07. The number of allylic oxidation sites excluding steroid dienone is 1. The van der Waals surface area contributed by atoms with Crippen molar-refractivity contribution in [1.82, 2.24) is 35.2 Å². The number of benzene rings is 1. The second-order valence-corrected chi connectivity index (χ2v) is 9.82. The summed E-state index contributed by atoms with van der Waals surface area (Å²) in [5.74, 6) is 2.25. The fraction of sp³-hybridized carbons (Fsp3) is 0.250. The number of hydrogen-bond acceptors (Lipinski definition) is 8. The van der Waals surface area contributed by atoms with Crippen molar-refractivity contribution in [3.05, 3.63) is 94.4 Å². The molecule has 11 heteroatoms. The van der Waals surface area contributed by atoms with E-state index in [1.807, 2.05) is 31.2 Å². The number of rotatable bonds is 11. The van der Waals surface area contributed by atoms with Gasteiger partial charge in [0.25, 0.3) is 5.56 Å². The third-order valence-corrected chi connectivity index (χ3v) is 6.96. The molecule has 1 aromatic carbocycles. The molecule has 0 aliphatic heterocycles. The number of aromatic nitrogens is 7. The van der Waals surface area contributed by atoms with Gasteiger partial charge >= 0.3 is 0 Å². The molecule has 0 saturated carbocycles. The van der Waals surface area contributed by atoms with Crippen LogP contribution in [-0.4, -0.2) is 48.0 Å². The Balaban J connectivity index is 1.73. The number of halogens is 1. The molecule has 1 N–H and O–H groups in total. The van der Waals surface area contributed by atoms with Crippen molar-refractivity contribution in [2.24, 2.45) is 4.99 Å². The van der Waals surface area contributed by atoms with Crippen molar-refractivity contribution in [2.75, 3.05) is 7.11 Å². The van der Waals surface area contributed by atoms with E-state index in [1.54, 1.807) is 37.7 Å². The standard InChI is InChI=1S/C28H29IN8O2/c1-5-7-12-25-23(28(38)37(18(3)32-25)26-14-13-20(39-4)16-31-26)15-19(6-2)30-17-24(29)21-10-8-9-11-22(21)27-33-35-36-34-27/h6,8-11,13-14,16-17H,2,5,7,12,15H2,1,3-4H3,(H,33,34,35,36)/b24-17-,30-19+. The summed E-state index contributed by atoms with van der Waals surface area (Å²) in [6.07, 6.45) is 7.93. The molecule has 0 atom stereocenters. The van der Waals surface area contributed by atoms with Crippen molar-refractivity contribution in [2.45, 2.75) is 39.5 Å². The molecule has 0 aliphatic carbocycles. The zero-order valence-corrected chi connectivity index (χ0v) is 24.2. The molecule has 0 bridgehead atoms. The van der Waals surface area contributed by atoms with Gasteiger partial charge in [-0.3, -0.25) is 9.79 Å². The predicted octanol–water partition coefficient (Wildman–Crippen LogP) is 5.07. The molecule has 0 saturated heterocycles. The molecular weight excluding hydrogens is 607 g/mol. The maximum absolute atomic E-state index is 13.8. The molecule has 39 heavy (non-hydrogen) atoms. The van der Waals surface area contributed by atoms with Crippen LogP contribution >= 0.6 is 22.6 Å². The number of unbranched alkanes of at least 4 members (excludes halogenated alkanes) is 1. The maximum Gasteiger partial charge on any atom is 0.263 e. The average molecular weight is 636 g/mol. The lowest BCUT2D eigenvalue weighted by atomic mass is 10.0. The van der Waals surface area contributed by atoms with E-state index in [4.69, 9.17) is 14.7 Å². The minimum atomic E-state index is -0.164. The van der Waals surface area contributed by atoms with Crippen molar-refractivity contribution in [3.8, 4) is 23.0 Å². The zero-order chi connectivity index (χ0) is 27.8. The number of ether oxygens (including phenoxy) is 1. The van der Waals surface area contributed by atoms with Crippen molar-refractivity contribution in [1.29, 1.82) is 0 Å². The first-order valence-electron chi connectivity index (χ1n) is 12.5. The van der Waals surface area contributed by atoms with E-state index < -0.39 is 0 Å². The van der Waals surface area contributed by atoms with Gasteiger partial charge in [0.1, 0.15) is 17.4 Å². The normalized spacial score (nSPS) is 12.0. The van der Waals surface area contributed by atoms with Gasteiger partial charge in [-0.1, -0.05) is 44.2 Å². The maximum atomic E-state index is 13.8. The molecule has 3 heterocycles. The number of H-pyrrole nitrogens is 1. The van der Waals surface area contributed by atoms with Crippen LogP contribution in [0.3, 0.4) is 0 Å². The highest BCUT2D eigenvalue weighted by Crippen LogP contribution is 2.30. The second kappa shape index (κ2) is 13.2. The van der Waals surface area contributed by atoms with Crippen LogP contribution in [-0.2, 0) is 12.8 Å². The van der Waals surface area contributed by atoms with E-state index in [-0.39, 0.29) is 5.56 Å². The summed E-state index contributed by atoms with van der Waals surface area (Å²) in [5, 5.41) is 14.2. The molecule has 10 nitrogen and oxygen atoms in total. The van der Waals surface area contributed by atoms with Crippen LogP contribution in [0.1, 0.15) is 42.4 Å². The molecule has 0 aliphatic rings. The Morgan fingerprint density at radius 1 is 1.26 bits per heavy atom. The number of nitrogens with zero attached hydrogens (tertiary/aromatic N) is 7. The van der Waals surface area contributed by atoms with E-state index >= 15 is 0 Å². The SMILES string of the molecule is C=C/C(Cc1c(CCCC)nc(C)n(-c2ccc(OC)cn2)c1=O)=N\C=C(/I)c1ccccc1-c1nnn[nH]1. The molecule has 0 fully saturated rings.